The summed E-state index contributed by atoms with van der Waals surface area (Å²) < 4.78 is 17.3. The third-order valence-corrected chi connectivity index (χ3v) is 8.19. The highest BCUT2D eigenvalue weighted by molar-refractivity contribution is 5.95. The Bertz CT molecular complexity index is 1260. The predicted octanol–water partition coefficient (Wildman–Crippen LogP) is 5.46. The van der Waals surface area contributed by atoms with Gasteiger partial charge in [0.25, 0.3) is 5.91 Å². The third kappa shape index (κ3) is 5.51. The molecule has 2 fully saturated rings. The quantitative estimate of drug-likeness (QED) is 0.439. The highest BCUT2D eigenvalue weighted by atomic mass is 16.7. The van der Waals surface area contributed by atoms with Crippen molar-refractivity contribution < 1.29 is 19.0 Å². The van der Waals surface area contributed by atoms with E-state index >= 15 is 0 Å². The molecule has 6 heteroatoms. The van der Waals surface area contributed by atoms with E-state index in [1.54, 1.807) is 0 Å². The number of carbonyl (C=O) groups is 1. The maximum Gasteiger partial charge on any atom is 0.254 e. The van der Waals surface area contributed by atoms with Crippen LogP contribution in [0.25, 0.3) is 0 Å². The minimum absolute atomic E-state index is 0.176. The largest absolute Gasteiger partial charge is 0.490 e. The summed E-state index contributed by atoms with van der Waals surface area (Å²) >= 11 is 0. The molecule has 0 aromatic heterocycles. The van der Waals surface area contributed by atoms with Crippen LogP contribution in [0.1, 0.15) is 52.7 Å². The summed E-state index contributed by atoms with van der Waals surface area (Å²) in [4.78, 5) is 17.6. The zero-order chi connectivity index (χ0) is 25.9. The Morgan fingerprint density at radius 3 is 2.32 bits per heavy atom. The predicted molar refractivity (Wildman–Crippen MR) is 147 cm³/mol. The third-order valence-electron chi connectivity index (χ3n) is 8.19. The van der Waals surface area contributed by atoms with E-state index in [0.29, 0.717) is 12.8 Å². The van der Waals surface area contributed by atoms with E-state index in [2.05, 4.69) is 41.3 Å². The van der Waals surface area contributed by atoms with Gasteiger partial charge >= 0.3 is 0 Å². The summed E-state index contributed by atoms with van der Waals surface area (Å²) in [6, 6.07) is 23.1. The van der Waals surface area contributed by atoms with Crippen LogP contribution in [-0.2, 0) is 6.42 Å². The molecule has 0 bridgehead atoms. The van der Waals surface area contributed by atoms with E-state index in [1.807, 2.05) is 42.2 Å². The van der Waals surface area contributed by atoms with E-state index in [9.17, 15) is 4.79 Å². The highest BCUT2D eigenvalue weighted by Crippen LogP contribution is 2.33. The van der Waals surface area contributed by atoms with Gasteiger partial charge < -0.3 is 19.1 Å². The van der Waals surface area contributed by atoms with Crippen molar-refractivity contribution in [2.45, 2.75) is 51.2 Å². The van der Waals surface area contributed by atoms with Crippen molar-refractivity contribution in [3.63, 3.8) is 0 Å². The van der Waals surface area contributed by atoms with Crippen molar-refractivity contribution in [1.82, 2.24) is 9.80 Å². The van der Waals surface area contributed by atoms with Crippen LogP contribution >= 0.6 is 0 Å². The lowest BCUT2D eigenvalue weighted by molar-refractivity contribution is 0.0425. The summed E-state index contributed by atoms with van der Waals surface area (Å²) in [6.45, 7) is 6.12. The fraction of sp³-hybridized carbons (Fsp3) is 0.406. The Labute approximate surface area is 225 Å². The normalized spacial score (nSPS) is 18.5. The fourth-order valence-corrected chi connectivity index (χ4v) is 5.94. The molecule has 3 aromatic carbocycles. The van der Waals surface area contributed by atoms with Gasteiger partial charge in [0.15, 0.2) is 11.5 Å². The number of aryl methyl sites for hydroxylation is 1. The Hall–Kier alpha value is -3.51. The first-order valence-electron chi connectivity index (χ1n) is 13.9. The molecule has 3 aliphatic rings. The summed E-state index contributed by atoms with van der Waals surface area (Å²) in [5.41, 5.74) is 4.35. The summed E-state index contributed by atoms with van der Waals surface area (Å²) in [5.74, 6) is 2.77. The lowest BCUT2D eigenvalue weighted by atomic mass is 9.98. The molecule has 0 aliphatic carbocycles. The smallest absolute Gasteiger partial charge is 0.254 e. The summed E-state index contributed by atoms with van der Waals surface area (Å²) in [5, 5.41) is 0. The molecule has 38 heavy (non-hydrogen) atoms. The first-order chi connectivity index (χ1) is 18.6. The maximum atomic E-state index is 13.0. The molecule has 0 radical (unpaired) electrons. The number of hydrogen-bond donors (Lipinski definition) is 0. The Morgan fingerprint density at radius 2 is 1.55 bits per heavy atom. The molecule has 3 aromatic rings. The van der Waals surface area contributed by atoms with Gasteiger partial charge in [-0.05, 0) is 86.1 Å². The Balaban J connectivity index is 0.950. The molecular formula is C32H36N2O4. The van der Waals surface area contributed by atoms with Crippen molar-refractivity contribution in [2.24, 2.45) is 0 Å². The van der Waals surface area contributed by atoms with Crippen molar-refractivity contribution in [3.8, 4) is 17.2 Å². The number of likely N-dealkylation sites (tertiary alicyclic amines) is 2. The summed E-state index contributed by atoms with van der Waals surface area (Å²) in [6.07, 6.45) is 5.29. The number of carbonyl (C=O) groups excluding carboxylic acids is 1. The van der Waals surface area contributed by atoms with Gasteiger partial charge in [-0.15, -0.1) is 0 Å². The molecule has 2 saturated heterocycles. The first kappa shape index (κ1) is 24.8. The van der Waals surface area contributed by atoms with Gasteiger partial charge in [-0.25, -0.2) is 0 Å². The van der Waals surface area contributed by atoms with E-state index in [0.717, 1.165) is 86.7 Å². The van der Waals surface area contributed by atoms with E-state index in [1.165, 1.54) is 11.1 Å². The zero-order valence-corrected chi connectivity index (χ0v) is 22.1. The summed E-state index contributed by atoms with van der Waals surface area (Å²) in [7, 11) is 0. The van der Waals surface area contributed by atoms with Gasteiger partial charge in [0, 0.05) is 37.8 Å². The van der Waals surface area contributed by atoms with Crippen LogP contribution in [-0.4, -0.2) is 60.8 Å². The van der Waals surface area contributed by atoms with Gasteiger partial charge in [-0.1, -0.05) is 36.4 Å². The molecule has 6 nitrogen and oxygen atoms in total. The monoisotopic (exact) mass is 512 g/mol. The van der Waals surface area contributed by atoms with Crippen LogP contribution in [0.5, 0.6) is 17.2 Å². The minimum Gasteiger partial charge on any atom is -0.490 e. The number of amides is 1. The van der Waals surface area contributed by atoms with Gasteiger partial charge in [-0.2, -0.15) is 0 Å². The SMILES string of the molecule is Cc1ccccc1C(=O)N1CCC(N2CCC(Oc3ccc(Cc4ccc5c(c4)OCO5)cc3)CC2)CC1. The molecule has 0 spiro atoms. The second kappa shape index (κ2) is 11.1. The molecule has 0 unspecified atom stereocenters. The molecule has 0 N–H and O–H groups in total. The Morgan fingerprint density at radius 1 is 0.842 bits per heavy atom. The van der Waals surface area contributed by atoms with E-state index < -0.39 is 0 Å². The molecule has 3 aliphatic heterocycles. The van der Waals surface area contributed by atoms with Crippen LogP contribution < -0.4 is 14.2 Å². The van der Waals surface area contributed by atoms with Gasteiger partial charge in [0.1, 0.15) is 11.9 Å². The standard InChI is InChI=1S/C32H36N2O4/c1-23-4-2-3-5-29(23)32(35)34-16-12-26(13-17-34)33-18-14-28(15-19-33)38-27-9-6-24(7-10-27)20-25-8-11-30-31(21-25)37-22-36-30/h2-11,21,26,28H,12-20,22H2,1H3. The number of rotatable bonds is 6. The lowest BCUT2D eigenvalue weighted by Gasteiger charge is -2.41. The van der Waals surface area contributed by atoms with Crippen molar-refractivity contribution in [1.29, 1.82) is 0 Å². The van der Waals surface area contributed by atoms with Crippen LogP contribution in [0.4, 0.5) is 0 Å². The average molecular weight is 513 g/mol. The highest BCUT2D eigenvalue weighted by Gasteiger charge is 2.30. The van der Waals surface area contributed by atoms with Crippen molar-refractivity contribution in [3.05, 3.63) is 89.0 Å². The number of benzene rings is 3. The second-order valence-electron chi connectivity index (χ2n) is 10.7. The number of nitrogens with zero attached hydrogens (tertiary/aromatic N) is 2. The molecule has 198 valence electrons. The molecule has 1 amide bonds. The molecule has 0 saturated carbocycles. The van der Waals surface area contributed by atoms with Crippen molar-refractivity contribution >= 4 is 5.91 Å². The molecule has 3 heterocycles. The zero-order valence-electron chi connectivity index (χ0n) is 22.1. The Kier molecular flexibility index (Phi) is 7.23. The second-order valence-corrected chi connectivity index (χ2v) is 10.7. The molecular weight excluding hydrogens is 476 g/mol. The number of hydrogen-bond acceptors (Lipinski definition) is 5. The van der Waals surface area contributed by atoms with Crippen molar-refractivity contribution in [2.75, 3.05) is 33.0 Å². The molecule has 0 atom stereocenters. The van der Waals surface area contributed by atoms with Crippen LogP contribution in [0.15, 0.2) is 66.7 Å². The first-order valence-corrected chi connectivity index (χ1v) is 13.9. The number of fused-ring (bicyclic) bond motifs is 1. The topological polar surface area (TPSA) is 51.2 Å². The van der Waals surface area contributed by atoms with E-state index in [-0.39, 0.29) is 12.0 Å². The van der Waals surface area contributed by atoms with E-state index in [4.69, 9.17) is 14.2 Å². The minimum atomic E-state index is 0.176. The van der Waals surface area contributed by atoms with Crippen LogP contribution in [0.3, 0.4) is 0 Å². The number of ether oxygens (including phenoxy) is 3. The van der Waals surface area contributed by atoms with Gasteiger partial charge in [0.2, 0.25) is 6.79 Å². The molecule has 6 rings (SSSR count). The van der Waals surface area contributed by atoms with Gasteiger partial charge in [0.05, 0.1) is 0 Å². The fourth-order valence-electron chi connectivity index (χ4n) is 5.94. The number of piperidine rings is 2. The van der Waals surface area contributed by atoms with Gasteiger partial charge in [-0.3, -0.25) is 9.69 Å². The van der Waals surface area contributed by atoms with Crippen LogP contribution in [0, 0.1) is 6.92 Å². The lowest BCUT2D eigenvalue weighted by Crippen LogP contribution is -2.50. The van der Waals surface area contributed by atoms with Crippen LogP contribution in [0.2, 0.25) is 0 Å². The average Bonchev–Trinajstić information content (AvgIpc) is 3.43. The maximum absolute atomic E-state index is 13.0.